The van der Waals surface area contributed by atoms with Gasteiger partial charge in [0.15, 0.2) is 0 Å². The fourth-order valence-corrected chi connectivity index (χ4v) is 1.48. The van der Waals surface area contributed by atoms with Crippen LogP contribution in [0.15, 0.2) is 24.3 Å². The Morgan fingerprint density at radius 3 is 2.56 bits per heavy atom. The second-order valence-corrected chi connectivity index (χ2v) is 3.89. The molecule has 0 fully saturated rings. The normalized spacial score (nSPS) is 10.1. The van der Waals surface area contributed by atoms with Crippen LogP contribution >= 0.6 is 0 Å². The molecule has 3 N–H and O–H groups in total. The van der Waals surface area contributed by atoms with Gasteiger partial charge in [0.2, 0.25) is 5.91 Å². The first-order valence-electron chi connectivity index (χ1n) is 5.85. The first-order chi connectivity index (χ1) is 7.76. The molecule has 0 heterocycles. The highest BCUT2D eigenvalue weighted by Gasteiger charge is 2.01. The monoisotopic (exact) mass is 220 g/mol. The zero-order valence-electron chi connectivity index (χ0n) is 9.83. The summed E-state index contributed by atoms with van der Waals surface area (Å²) >= 11 is 0. The van der Waals surface area contributed by atoms with Crippen molar-refractivity contribution in [2.45, 2.75) is 32.6 Å². The van der Waals surface area contributed by atoms with Crippen LogP contribution < -0.4 is 11.1 Å². The maximum Gasteiger partial charge on any atom is 0.224 e. The van der Waals surface area contributed by atoms with Gasteiger partial charge in [0.05, 0.1) is 0 Å². The van der Waals surface area contributed by atoms with Crippen LogP contribution in [0.5, 0.6) is 0 Å². The van der Waals surface area contributed by atoms with E-state index in [2.05, 4.69) is 12.2 Å². The van der Waals surface area contributed by atoms with Crippen molar-refractivity contribution in [3.63, 3.8) is 0 Å². The highest BCUT2D eigenvalue weighted by atomic mass is 16.1. The minimum absolute atomic E-state index is 0.0911. The number of unbranched alkanes of at least 4 members (excludes halogenated alkanes) is 1. The van der Waals surface area contributed by atoms with Crippen LogP contribution in [0.1, 0.15) is 31.7 Å². The van der Waals surface area contributed by atoms with Crippen molar-refractivity contribution in [2.75, 3.05) is 11.9 Å². The molecule has 0 aromatic heterocycles. The van der Waals surface area contributed by atoms with Gasteiger partial charge >= 0.3 is 0 Å². The Morgan fingerprint density at radius 1 is 1.31 bits per heavy atom. The van der Waals surface area contributed by atoms with E-state index < -0.39 is 0 Å². The zero-order valence-corrected chi connectivity index (χ0v) is 9.83. The van der Waals surface area contributed by atoms with E-state index in [4.69, 9.17) is 5.73 Å². The number of rotatable bonds is 6. The van der Waals surface area contributed by atoms with Crippen molar-refractivity contribution in [2.24, 2.45) is 5.73 Å². The van der Waals surface area contributed by atoms with E-state index in [1.165, 1.54) is 5.56 Å². The van der Waals surface area contributed by atoms with Gasteiger partial charge in [0.1, 0.15) is 0 Å². The first kappa shape index (κ1) is 12.7. The number of hydrogen-bond donors (Lipinski definition) is 2. The van der Waals surface area contributed by atoms with Crippen molar-refractivity contribution >= 4 is 11.6 Å². The van der Waals surface area contributed by atoms with Crippen LogP contribution in [0, 0.1) is 0 Å². The summed E-state index contributed by atoms with van der Waals surface area (Å²) in [6, 6.07) is 7.86. The molecule has 1 aromatic carbocycles. The molecular formula is C13H20N2O. The average molecular weight is 220 g/mol. The van der Waals surface area contributed by atoms with Gasteiger partial charge in [-0.2, -0.15) is 0 Å². The summed E-state index contributed by atoms with van der Waals surface area (Å²) in [5.74, 6) is 0.0911. The molecule has 1 aromatic rings. The molecule has 0 saturated heterocycles. The molecule has 0 aliphatic heterocycles. The van der Waals surface area contributed by atoms with Crippen LogP contribution in [0.25, 0.3) is 0 Å². The van der Waals surface area contributed by atoms with Crippen LogP contribution in [0.4, 0.5) is 5.69 Å². The Hall–Kier alpha value is -1.35. The number of anilines is 1. The van der Waals surface area contributed by atoms with Crippen molar-refractivity contribution in [3.8, 4) is 0 Å². The van der Waals surface area contributed by atoms with Crippen LogP contribution in [0.2, 0.25) is 0 Å². The number of nitrogens with one attached hydrogen (secondary N) is 1. The second-order valence-electron chi connectivity index (χ2n) is 3.89. The Labute approximate surface area is 97.0 Å². The SMILES string of the molecule is CCCCC(=O)Nc1ccc(CCN)cc1. The number of nitrogens with two attached hydrogens (primary N) is 1. The highest BCUT2D eigenvalue weighted by molar-refractivity contribution is 5.90. The maximum absolute atomic E-state index is 11.5. The molecule has 0 aliphatic carbocycles. The summed E-state index contributed by atoms with van der Waals surface area (Å²) in [4.78, 5) is 11.5. The quantitative estimate of drug-likeness (QED) is 0.773. The molecule has 0 spiro atoms. The molecule has 3 heteroatoms. The summed E-state index contributed by atoms with van der Waals surface area (Å²) in [5.41, 5.74) is 7.53. The van der Waals surface area contributed by atoms with Gasteiger partial charge in [-0.25, -0.2) is 0 Å². The molecule has 1 amide bonds. The predicted octanol–water partition coefficient (Wildman–Crippen LogP) is 2.32. The van der Waals surface area contributed by atoms with E-state index in [0.29, 0.717) is 13.0 Å². The summed E-state index contributed by atoms with van der Waals surface area (Å²) < 4.78 is 0. The van der Waals surface area contributed by atoms with E-state index in [1.807, 2.05) is 24.3 Å². The van der Waals surface area contributed by atoms with Crippen LogP contribution in [-0.4, -0.2) is 12.5 Å². The standard InChI is InChI=1S/C13H20N2O/c1-2-3-4-13(16)15-12-7-5-11(6-8-12)9-10-14/h5-8H,2-4,9-10,14H2,1H3,(H,15,16). The average Bonchev–Trinajstić information content (AvgIpc) is 2.29. The van der Waals surface area contributed by atoms with Crippen molar-refractivity contribution in [1.29, 1.82) is 0 Å². The van der Waals surface area contributed by atoms with Gasteiger partial charge in [-0.3, -0.25) is 4.79 Å². The fourth-order valence-electron chi connectivity index (χ4n) is 1.48. The van der Waals surface area contributed by atoms with Crippen LogP contribution in [-0.2, 0) is 11.2 Å². The third-order valence-electron chi connectivity index (χ3n) is 2.43. The molecular weight excluding hydrogens is 200 g/mol. The van der Waals surface area contributed by atoms with Crippen molar-refractivity contribution in [3.05, 3.63) is 29.8 Å². The molecule has 16 heavy (non-hydrogen) atoms. The molecule has 0 radical (unpaired) electrons. The van der Waals surface area contributed by atoms with Gasteiger partial charge in [-0.05, 0) is 37.1 Å². The lowest BCUT2D eigenvalue weighted by molar-refractivity contribution is -0.116. The second kappa shape index (κ2) is 7.01. The van der Waals surface area contributed by atoms with Gasteiger partial charge in [0.25, 0.3) is 0 Å². The molecule has 88 valence electrons. The van der Waals surface area contributed by atoms with Crippen LogP contribution in [0.3, 0.4) is 0 Å². The highest BCUT2D eigenvalue weighted by Crippen LogP contribution is 2.10. The van der Waals surface area contributed by atoms with E-state index in [1.54, 1.807) is 0 Å². The lowest BCUT2D eigenvalue weighted by Gasteiger charge is -2.05. The van der Waals surface area contributed by atoms with Crippen molar-refractivity contribution in [1.82, 2.24) is 0 Å². The molecule has 0 aliphatic rings. The third-order valence-corrected chi connectivity index (χ3v) is 2.43. The number of hydrogen-bond acceptors (Lipinski definition) is 2. The van der Waals surface area contributed by atoms with Gasteiger partial charge in [-0.15, -0.1) is 0 Å². The Kier molecular flexibility index (Phi) is 5.57. The lowest BCUT2D eigenvalue weighted by Crippen LogP contribution is -2.11. The minimum Gasteiger partial charge on any atom is -0.330 e. The Bertz CT molecular complexity index is 319. The van der Waals surface area contributed by atoms with Gasteiger partial charge < -0.3 is 11.1 Å². The molecule has 0 unspecified atom stereocenters. The molecule has 0 saturated carbocycles. The smallest absolute Gasteiger partial charge is 0.224 e. The number of carbonyl (C=O) groups excluding carboxylic acids is 1. The minimum atomic E-state index is 0.0911. The zero-order chi connectivity index (χ0) is 11.8. The van der Waals surface area contributed by atoms with Gasteiger partial charge in [0, 0.05) is 12.1 Å². The van der Waals surface area contributed by atoms with E-state index in [-0.39, 0.29) is 5.91 Å². The fraction of sp³-hybridized carbons (Fsp3) is 0.462. The summed E-state index contributed by atoms with van der Waals surface area (Å²) in [7, 11) is 0. The Morgan fingerprint density at radius 2 is 2.00 bits per heavy atom. The van der Waals surface area contributed by atoms with E-state index in [9.17, 15) is 4.79 Å². The third kappa shape index (κ3) is 4.45. The first-order valence-corrected chi connectivity index (χ1v) is 5.85. The van der Waals surface area contributed by atoms with Gasteiger partial charge in [-0.1, -0.05) is 25.5 Å². The molecule has 3 nitrogen and oxygen atoms in total. The van der Waals surface area contributed by atoms with Crippen molar-refractivity contribution < 1.29 is 4.79 Å². The molecule has 1 rings (SSSR count). The Balaban J connectivity index is 2.45. The summed E-state index contributed by atoms with van der Waals surface area (Å²) in [6.07, 6.45) is 3.46. The number of amides is 1. The number of benzene rings is 1. The predicted molar refractivity (Wildman–Crippen MR) is 67.4 cm³/mol. The summed E-state index contributed by atoms with van der Waals surface area (Å²) in [6.45, 7) is 2.73. The van der Waals surface area contributed by atoms with E-state index in [0.717, 1.165) is 24.9 Å². The van der Waals surface area contributed by atoms with E-state index >= 15 is 0 Å². The summed E-state index contributed by atoms with van der Waals surface area (Å²) in [5, 5.41) is 2.88. The molecule has 0 atom stereocenters. The largest absolute Gasteiger partial charge is 0.330 e. The lowest BCUT2D eigenvalue weighted by atomic mass is 10.1. The molecule has 0 bridgehead atoms. The maximum atomic E-state index is 11.5. The number of carbonyl (C=O) groups is 1. The topological polar surface area (TPSA) is 55.1 Å².